The van der Waals surface area contributed by atoms with Crippen LogP contribution in [-0.4, -0.2) is 29.8 Å². The van der Waals surface area contributed by atoms with Crippen molar-refractivity contribution in [1.29, 1.82) is 0 Å². The largest absolute Gasteiger partial charge is 0.496 e. The third kappa shape index (κ3) is 4.54. The highest BCUT2D eigenvalue weighted by Gasteiger charge is 2.14. The van der Waals surface area contributed by atoms with Crippen LogP contribution in [0.5, 0.6) is 5.75 Å². The Hall–Kier alpha value is -2.93. The molecule has 0 bridgehead atoms. The Morgan fingerprint density at radius 3 is 2.56 bits per heavy atom. The summed E-state index contributed by atoms with van der Waals surface area (Å²) in [4.78, 5) is 12.3. The fraction of sp³-hybridized carbons (Fsp3) is 0.167. The molecular weight excluding hydrogens is 336 g/mol. The van der Waals surface area contributed by atoms with E-state index in [0.29, 0.717) is 21.6 Å². The van der Waals surface area contributed by atoms with Crippen molar-refractivity contribution in [2.45, 2.75) is 6.42 Å². The zero-order valence-corrected chi connectivity index (χ0v) is 14.5. The van der Waals surface area contributed by atoms with Gasteiger partial charge in [-0.25, -0.2) is 0 Å². The van der Waals surface area contributed by atoms with Gasteiger partial charge in [0.1, 0.15) is 5.75 Å². The molecule has 0 fully saturated rings. The van der Waals surface area contributed by atoms with Crippen molar-refractivity contribution in [2.75, 3.05) is 24.3 Å². The number of carbonyl (C=O) groups excluding carboxylic acids is 1. The Morgan fingerprint density at radius 2 is 1.76 bits per heavy atom. The maximum absolute atomic E-state index is 12.3. The average Bonchev–Trinajstić information content (AvgIpc) is 3.09. The van der Waals surface area contributed by atoms with E-state index in [-0.39, 0.29) is 5.91 Å². The SMILES string of the molecule is COc1ccccc1C(=O)Nc1nnc(NCCc2ccccc2)s1. The van der Waals surface area contributed by atoms with Crippen LogP contribution in [0.25, 0.3) is 0 Å². The first-order valence-electron chi connectivity index (χ1n) is 7.82. The summed E-state index contributed by atoms with van der Waals surface area (Å²) in [6.45, 7) is 0.749. The quantitative estimate of drug-likeness (QED) is 0.680. The average molecular weight is 354 g/mol. The molecule has 0 aliphatic heterocycles. The van der Waals surface area contributed by atoms with Crippen LogP contribution >= 0.6 is 11.3 Å². The number of carbonyl (C=O) groups is 1. The number of nitrogens with one attached hydrogen (secondary N) is 2. The number of ether oxygens (including phenoxy) is 1. The molecule has 0 saturated carbocycles. The maximum atomic E-state index is 12.3. The molecule has 0 aliphatic rings. The van der Waals surface area contributed by atoms with Crippen LogP contribution in [-0.2, 0) is 6.42 Å². The minimum atomic E-state index is -0.274. The van der Waals surface area contributed by atoms with Gasteiger partial charge in [-0.15, -0.1) is 10.2 Å². The summed E-state index contributed by atoms with van der Waals surface area (Å²) in [6.07, 6.45) is 0.892. The lowest BCUT2D eigenvalue weighted by atomic mass is 10.2. The first kappa shape index (κ1) is 16.9. The van der Waals surface area contributed by atoms with Crippen molar-refractivity contribution >= 4 is 27.5 Å². The van der Waals surface area contributed by atoms with Crippen LogP contribution in [0, 0.1) is 0 Å². The van der Waals surface area contributed by atoms with Gasteiger partial charge >= 0.3 is 0 Å². The van der Waals surface area contributed by atoms with Crippen molar-refractivity contribution in [1.82, 2.24) is 10.2 Å². The number of rotatable bonds is 7. The molecule has 0 atom stereocenters. The summed E-state index contributed by atoms with van der Waals surface area (Å²) in [5.74, 6) is 0.246. The summed E-state index contributed by atoms with van der Waals surface area (Å²) in [5.41, 5.74) is 1.71. The first-order chi connectivity index (χ1) is 12.3. The van der Waals surface area contributed by atoms with Gasteiger partial charge in [-0.3, -0.25) is 10.1 Å². The third-order valence-corrected chi connectivity index (χ3v) is 4.33. The zero-order chi connectivity index (χ0) is 17.5. The lowest BCUT2D eigenvalue weighted by Gasteiger charge is -2.06. The second-order valence-electron chi connectivity index (χ2n) is 5.23. The van der Waals surface area contributed by atoms with E-state index >= 15 is 0 Å². The molecule has 0 saturated heterocycles. The molecule has 1 amide bonds. The molecule has 1 heterocycles. The van der Waals surface area contributed by atoms with E-state index < -0.39 is 0 Å². The van der Waals surface area contributed by atoms with E-state index in [4.69, 9.17) is 4.74 Å². The van der Waals surface area contributed by atoms with E-state index in [1.165, 1.54) is 24.0 Å². The monoisotopic (exact) mass is 354 g/mol. The standard InChI is InChI=1S/C18H18N4O2S/c1-24-15-10-6-5-9-14(15)16(23)20-18-22-21-17(25-18)19-12-11-13-7-3-2-4-8-13/h2-10H,11-12H2,1H3,(H,19,21)(H,20,22,23). The fourth-order valence-electron chi connectivity index (χ4n) is 2.30. The highest BCUT2D eigenvalue weighted by molar-refractivity contribution is 7.19. The number of amides is 1. The number of hydrogen-bond donors (Lipinski definition) is 2. The number of anilines is 2. The van der Waals surface area contributed by atoms with E-state index in [0.717, 1.165) is 13.0 Å². The minimum Gasteiger partial charge on any atom is -0.496 e. The summed E-state index contributed by atoms with van der Waals surface area (Å²) < 4.78 is 5.20. The lowest BCUT2D eigenvalue weighted by molar-refractivity contribution is 0.102. The number of methoxy groups -OCH3 is 1. The first-order valence-corrected chi connectivity index (χ1v) is 8.63. The van der Waals surface area contributed by atoms with Gasteiger partial charge in [0.25, 0.3) is 5.91 Å². The Labute approximate surface area is 149 Å². The molecule has 1 aromatic heterocycles. The van der Waals surface area contributed by atoms with Gasteiger partial charge in [-0.05, 0) is 24.1 Å². The molecule has 3 aromatic rings. The van der Waals surface area contributed by atoms with E-state index in [1.807, 2.05) is 24.3 Å². The van der Waals surface area contributed by atoms with Crippen LogP contribution in [0.2, 0.25) is 0 Å². The minimum absolute atomic E-state index is 0.274. The van der Waals surface area contributed by atoms with Crippen LogP contribution in [0.1, 0.15) is 15.9 Å². The lowest BCUT2D eigenvalue weighted by Crippen LogP contribution is -2.12. The molecule has 2 N–H and O–H groups in total. The molecule has 0 aliphatic carbocycles. The predicted octanol–water partition coefficient (Wildman–Crippen LogP) is 3.45. The Balaban J connectivity index is 1.55. The normalized spacial score (nSPS) is 10.3. The molecule has 25 heavy (non-hydrogen) atoms. The van der Waals surface area contributed by atoms with Gasteiger partial charge in [-0.2, -0.15) is 0 Å². The zero-order valence-electron chi connectivity index (χ0n) is 13.7. The number of hydrogen-bond acceptors (Lipinski definition) is 6. The van der Waals surface area contributed by atoms with Crippen molar-refractivity contribution < 1.29 is 9.53 Å². The molecule has 0 radical (unpaired) electrons. The Bertz CT molecular complexity index is 836. The maximum Gasteiger partial charge on any atom is 0.261 e. The second kappa shape index (κ2) is 8.25. The highest BCUT2D eigenvalue weighted by Crippen LogP contribution is 2.23. The van der Waals surface area contributed by atoms with Gasteiger partial charge in [-0.1, -0.05) is 53.8 Å². The number of aromatic nitrogens is 2. The molecule has 128 valence electrons. The third-order valence-electron chi connectivity index (χ3n) is 3.53. The summed E-state index contributed by atoms with van der Waals surface area (Å²) in [7, 11) is 1.53. The molecule has 6 nitrogen and oxygen atoms in total. The topological polar surface area (TPSA) is 76.1 Å². The van der Waals surface area contributed by atoms with Gasteiger partial charge in [0.05, 0.1) is 12.7 Å². The van der Waals surface area contributed by atoms with Crippen LogP contribution in [0.15, 0.2) is 54.6 Å². The number of nitrogens with zero attached hydrogens (tertiary/aromatic N) is 2. The van der Waals surface area contributed by atoms with Crippen LogP contribution in [0.4, 0.5) is 10.3 Å². The fourth-order valence-corrected chi connectivity index (χ4v) is 2.96. The molecular formula is C18H18N4O2S. The predicted molar refractivity (Wildman–Crippen MR) is 99.5 cm³/mol. The van der Waals surface area contributed by atoms with Crippen molar-refractivity contribution in [3.63, 3.8) is 0 Å². The van der Waals surface area contributed by atoms with Gasteiger partial charge in [0.15, 0.2) is 0 Å². The highest BCUT2D eigenvalue weighted by atomic mass is 32.1. The second-order valence-corrected chi connectivity index (χ2v) is 6.21. The molecule has 7 heteroatoms. The molecule has 3 rings (SSSR count). The number of benzene rings is 2. The van der Waals surface area contributed by atoms with Gasteiger partial charge in [0.2, 0.25) is 10.3 Å². The van der Waals surface area contributed by atoms with Gasteiger partial charge in [0, 0.05) is 6.54 Å². The van der Waals surface area contributed by atoms with Crippen molar-refractivity contribution in [2.24, 2.45) is 0 Å². The van der Waals surface area contributed by atoms with Crippen molar-refractivity contribution in [3.05, 3.63) is 65.7 Å². The number of para-hydroxylation sites is 1. The molecule has 0 spiro atoms. The van der Waals surface area contributed by atoms with Crippen LogP contribution in [0.3, 0.4) is 0 Å². The van der Waals surface area contributed by atoms with E-state index in [1.54, 1.807) is 18.2 Å². The summed E-state index contributed by atoms with van der Waals surface area (Å²) >= 11 is 1.30. The Morgan fingerprint density at radius 1 is 1.04 bits per heavy atom. The summed E-state index contributed by atoms with van der Waals surface area (Å²) in [5, 5.41) is 15.1. The van der Waals surface area contributed by atoms with Crippen molar-refractivity contribution in [3.8, 4) is 5.75 Å². The molecule has 2 aromatic carbocycles. The van der Waals surface area contributed by atoms with E-state index in [9.17, 15) is 4.79 Å². The smallest absolute Gasteiger partial charge is 0.261 e. The summed E-state index contributed by atoms with van der Waals surface area (Å²) in [6, 6.07) is 17.3. The molecule has 0 unspecified atom stereocenters. The van der Waals surface area contributed by atoms with Crippen LogP contribution < -0.4 is 15.4 Å². The van der Waals surface area contributed by atoms with Gasteiger partial charge < -0.3 is 10.1 Å². The Kier molecular flexibility index (Phi) is 5.58. The van der Waals surface area contributed by atoms with E-state index in [2.05, 4.69) is 33.0 Å².